The second kappa shape index (κ2) is 12.8. The van der Waals surface area contributed by atoms with Gasteiger partial charge in [-0.2, -0.15) is 0 Å². The van der Waals surface area contributed by atoms with Crippen molar-refractivity contribution < 1.29 is 28.6 Å². The van der Waals surface area contributed by atoms with Crippen LogP contribution in [0.2, 0.25) is 0 Å². The minimum atomic E-state index is -0.490. The SMILES string of the molecule is CCOC(=O)[C@@H]1CCCN(C(=O)CC2=CSC3=NC(C)=C(C(=O)OCCOC)[C@@H](c4ccc(C)cc4C)N23)C1. The van der Waals surface area contributed by atoms with Gasteiger partial charge in [0.25, 0.3) is 0 Å². The molecule has 9 nitrogen and oxygen atoms in total. The normalized spacial score (nSPS) is 20.8. The Bertz CT molecular complexity index is 1220. The molecule has 210 valence electrons. The van der Waals surface area contributed by atoms with E-state index in [4.69, 9.17) is 19.2 Å². The topological polar surface area (TPSA) is 97.7 Å². The summed E-state index contributed by atoms with van der Waals surface area (Å²) in [5.41, 5.74) is 4.91. The Morgan fingerprint density at radius 2 is 1.92 bits per heavy atom. The van der Waals surface area contributed by atoms with Crippen molar-refractivity contribution in [1.29, 1.82) is 0 Å². The van der Waals surface area contributed by atoms with Gasteiger partial charge in [-0.25, -0.2) is 9.79 Å². The molecule has 0 bridgehead atoms. The molecular weight excluding hydrogens is 518 g/mol. The largest absolute Gasteiger partial charge is 0.466 e. The number of rotatable bonds is 9. The lowest BCUT2D eigenvalue weighted by atomic mass is 9.90. The van der Waals surface area contributed by atoms with E-state index < -0.39 is 12.0 Å². The highest BCUT2D eigenvalue weighted by molar-refractivity contribution is 8.16. The van der Waals surface area contributed by atoms with Gasteiger partial charge in [-0.3, -0.25) is 9.59 Å². The number of esters is 2. The van der Waals surface area contributed by atoms with Crippen LogP contribution in [0.3, 0.4) is 0 Å². The molecule has 0 aromatic heterocycles. The molecular formula is C29H37N3O6S. The molecule has 0 radical (unpaired) electrons. The molecule has 3 heterocycles. The Balaban J connectivity index is 1.62. The third-order valence-corrected chi connectivity index (χ3v) is 8.08. The average molecular weight is 556 g/mol. The van der Waals surface area contributed by atoms with Crippen LogP contribution in [-0.4, -0.2) is 72.8 Å². The molecule has 0 spiro atoms. The number of piperidine rings is 1. The van der Waals surface area contributed by atoms with Crippen molar-refractivity contribution in [3.8, 4) is 0 Å². The number of carbonyl (C=O) groups excluding carboxylic acids is 3. The Labute approximate surface area is 234 Å². The van der Waals surface area contributed by atoms with Gasteiger partial charge in [0.2, 0.25) is 5.91 Å². The first-order chi connectivity index (χ1) is 18.7. The van der Waals surface area contributed by atoms with Crippen LogP contribution in [0.1, 0.15) is 55.8 Å². The highest BCUT2D eigenvalue weighted by Crippen LogP contribution is 2.45. The van der Waals surface area contributed by atoms with Crippen molar-refractivity contribution in [2.75, 3.05) is 40.0 Å². The van der Waals surface area contributed by atoms with Gasteiger partial charge in [-0.15, -0.1) is 0 Å². The van der Waals surface area contributed by atoms with E-state index in [-0.39, 0.29) is 30.8 Å². The number of methoxy groups -OCH3 is 1. The zero-order valence-electron chi connectivity index (χ0n) is 23.3. The van der Waals surface area contributed by atoms with Crippen molar-refractivity contribution in [2.24, 2.45) is 10.9 Å². The number of hydrogen-bond acceptors (Lipinski definition) is 9. The average Bonchev–Trinajstić information content (AvgIpc) is 3.30. The van der Waals surface area contributed by atoms with E-state index in [1.807, 2.05) is 43.2 Å². The van der Waals surface area contributed by atoms with Gasteiger partial charge < -0.3 is 24.0 Å². The molecule has 10 heteroatoms. The number of hydrogen-bond donors (Lipinski definition) is 0. The van der Waals surface area contributed by atoms with E-state index in [1.54, 1.807) is 18.9 Å². The van der Waals surface area contributed by atoms with Crippen LogP contribution in [0, 0.1) is 19.8 Å². The van der Waals surface area contributed by atoms with Crippen molar-refractivity contribution >= 4 is 34.8 Å². The van der Waals surface area contributed by atoms with E-state index in [9.17, 15) is 14.4 Å². The van der Waals surface area contributed by atoms with Crippen molar-refractivity contribution in [3.05, 3.63) is 57.3 Å². The number of benzene rings is 1. The molecule has 0 N–H and O–H groups in total. The van der Waals surface area contributed by atoms with Gasteiger partial charge in [0, 0.05) is 25.9 Å². The molecule has 3 aliphatic heterocycles. The second-order valence-corrected chi connectivity index (χ2v) is 10.8. The van der Waals surface area contributed by atoms with Crippen LogP contribution in [0.15, 0.2) is 45.6 Å². The number of ether oxygens (including phenoxy) is 3. The maximum absolute atomic E-state index is 13.5. The Kier molecular flexibility index (Phi) is 9.50. The van der Waals surface area contributed by atoms with E-state index in [0.29, 0.717) is 37.6 Å². The number of aliphatic imine (C=N–C) groups is 1. The molecule has 1 fully saturated rings. The molecule has 0 aliphatic carbocycles. The van der Waals surface area contributed by atoms with Gasteiger partial charge in [0.05, 0.1) is 42.9 Å². The highest BCUT2D eigenvalue weighted by Gasteiger charge is 2.42. The summed E-state index contributed by atoms with van der Waals surface area (Å²) < 4.78 is 15.8. The second-order valence-electron chi connectivity index (χ2n) is 9.99. The van der Waals surface area contributed by atoms with Crippen LogP contribution >= 0.6 is 11.8 Å². The maximum atomic E-state index is 13.5. The minimum absolute atomic E-state index is 0.0630. The number of fused-ring (bicyclic) bond motifs is 1. The lowest BCUT2D eigenvalue weighted by molar-refractivity contribution is -0.151. The number of nitrogens with zero attached hydrogens (tertiary/aromatic N) is 3. The molecule has 1 aromatic carbocycles. The van der Waals surface area contributed by atoms with Crippen LogP contribution in [0.5, 0.6) is 0 Å². The fourth-order valence-electron chi connectivity index (χ4n) is 5.28. The molecule has 3 aliphatic rings. The summed E-state index contributed by atoms with van der Waals surface area (Å²) in [4.78, 5) is 47.7. The Hall–Kier alpha value is -3.11. The summed E-state index contributed by atoms with van der Waals surface area (Å²) in [5, 5.41) is 2.66. The quantitative estimate of drug-likeness (QED) is 0.329. The van der Waals surface area contributed by atoms with Crippen LogP contribution in [0.4, 0.5) is 0 Å². The zero-order valence-corrected chi connectivity index (χ0v) is 24.1. The van der Waals surface area contributed by atoms with Gasteiger partial charge in [-0.1, -0.05) is 35.5 Å². The fourth-order valence-corrected chi connectivity index (χ4v) is 6.24. The lowest BCUT2D eigenvalue weighted by Crippen LogP contribution is -2.44. The summed E-state index contributed by atoms with van der Waals surface area (Å²) in [5.74, 6) is -1.06. The zero-order chi connectivity index (χ0) is 28.1. The monoisotopic (exact) mass is 555 g/mol. The number of allylic oxidation sites excluding steroid dienone is 1. The summed E-state index contributed by atoms with van der Waals surface area (Å²) in [6, 6.07) is 5.66. The van der Waals surface area contributed by atoms with E-state index in [1.165, 1.54) is 11.8 Å². The summed E-state index contributed by atoms with van der Waals surface area (Å²) in [6.45, 7) is 9.38. The number of likely N-dealkylation sites (tertiary alicyclic amines) is 1. The fraction of sp³-hybridized carbons (Fsp3) is 0.517. The van der Waals surface area contributed by atoms with Gasteiger partial charge in [-0.05, 0) is 57.1 Å². The minimum Gasteiger partial charge on any atom is -0.466 e. The van der Waals surface area contributed by atoms with Crippen molar-refractivity contribution in [2.45, 2.75) is 53.0 Å². The molecule has 0 unspecified atom stereocenters. The van der Waals surface area contributed by atoms with Crippen molar-refractivity contribution in [1.82, 2.24) is 9.80 Å². The Morgan fingerprint density at radius 3 is 2.64 bits per heavy atom. The number of thioether (sulfide) groups is 1. The number of carbonyl (C=O) groups is 3. The maximum Gasteiger partial charge on any atom is 0.338 e. The third-order valence-electron chi connectivity index (χ3n) is 7.19. The highest BCUT2D eigenvalue weighted by atomic mass is 32.2. The van der Waals surface area contributed by atoms with E-state index in [0.717, 1.165) is 40.4 Å². The summed E-state index contributed by atoms with van der Waals surface area (Å²) >= 11 is 1.44. The molecule has 2 atom stereocenters. The lowest BCUT2D eigenvalue weighted by Gasteiger charge is -2.38. The van der Waals surface area contributed by atoms with E-state index >= 15 is 0 Å². The molecule has 1 aromatic rings. The molecule has 4 rings (SSSR count). The first-order valence-electron chi connectivity index (χ1n) is 13.4. The predicted octanol–water partition coefficient (Wildman–Crippen LogP) is 4.26. The molecule has 1 amide bonds. The molecule has 1 saturated heterocycles. The van der Waals surface area contributed by atoms with Crippen LogP contribution < -0.4 is 0 Å². The van der Waals surface area contributed by atoms with Crippen molar-refractivity contribution in [3.63, 3.8) is 0 Å². The number of amidine groups is 1. The van der Waals surface area contributed by atoms with Crippen LogP contribution in [-0.2, 0) is 28.6 Å². The van der Waals surface area contributed by atoms with Crippen LogP contribution in [0.25, 0.3) is 0 Å². The van der Waals surface area contributed by atoms with Gasteiger partial charge in [0.15, 0.2) is 5.17 Å². The molecule has 39 heavy (non-hydrogen) atoms. The molecule has 0 saturated carbocycles. The smallest absolute Gasteiger partial charge is 0.338 e. The Morgan fingerprint density at radius 1 is 1.13 bits per heavy atom. The van der Waals surface area contributed by atoms with E-state index in [2.05, 4.69) is 6.07 Å². The third kappa shape index (κ3) is 6.38. The van der Waals surface area contributed by atoms with Gasteiger partial charge in [0.1, 0.15) is 6.61 Å². The predicted molar refractivity (Wildman–Crippen MR) is 150 cm³/mol. The first-order valence-corrected chi connectivity index (χ1v) is 14.2. The number of amides is 1. The number of aryl methyl sites for hydroxylation is 2. The van der Waals surface area contributed by atoms with Gasteiger partial charge >= 0.3 is 11.9 Å². The summed E-state index contributed by atoms with van der Waals surface area (Å²) in [6.07, 6.45) is 1.61. The standard InChI is InChI=1S/C29H37N3O6S/c1-6-37-27(34)21-8-7-11-31(16-21)24(33)15-22-17-39-29-30-20(4)25(28(35)38-13-12-36-5)26(32(22)29)23-10-9-18(2)14-19(23)3/h9-10,14,17,21,26H,6-8,11-13,15-16H2,1-5H3/t21-,26-/m1/s1. The first kappa shape index (κ1) is 28.9. The summed E-state index contributed by atoms with van der Waals surface area (Å²) in [7, 11) is 1.56.